The van der Waals surface area contributed by atoms with Crippen molar-refractivity contribution in [1.29, 1.82) is 0 Å². The summed E-state index contributed by atoms with van der Waals surface area (Å²) in [4.78, 5) is 26.5. The van der Waals surface area contributed by atoms with Gasteiger partial charge in [0.05, 0.1) is 26.8 Å². The highest BCUT2D eigenvalue weighted by atomic mass is 35.5. The van der Waals surface area contributed by atoms with Gasteiger partial charge in [-0.2, -0.15) is 0 Å². The summed E-state index contributed by atoms with van der Waals surface area (Å²) < 4.78 is 14.0. The number of aromatic nitrogens is 4. The van der Waals surface area contributed by atoms with Gasteiger partial charge in [-0.05, 0) is 48.6 Å². The van der Waals surface area contributed by atoms with E-state index in [0.29, 0.717) is 66.6 Å². The van der Waals surface area contributed by atoms with Crippen molar-refractivity contribution in [3.8, 4) is 5.75 Å². The minimum atomic E-state index is -1.23. The highest BCUT2D eigenvalue weighted by molar-refractivity contribution is 6.76. The van der Waals surface area contributed by atoms with Gasteiger partial charge < -0.3 is 29.4 Å². The summed E-state index contributed by atoms with van der Waals surface area (Å²) in [7, 11) is -1.23. The first-order valence-electron chi connectivity index (χ1n) is 14.3. The maximum absolute atomic E-state index is 11.5. The number of pyridine rings is 1. The van der Waals surface area contributed by atoms with Crippen LogP contribution in [0.4, 0.5) is 16.3 Å². The summed E-state index contributed by atoms with van der Waals surface area (Å²) in [6.45, 7) is 9.21. The molecule has 1 saturated heterocycles. The SMILES string of the molecule is C[Si](C)(C)CCOCn1cc(C2CCN(C(=O)O)CC2)c2c(Nc3cc(Cl)c(OCc4ccccn4)cc3Cl)ncnc21. The Morgan fingerprint density at radius 2 is 1.91 bits per heavy atom. The monoisotopic (exact) mass is 642 g/mol. The third-order valence-electron chi connectivity index (χ3n) is 7.49. The zero-order valence-electron chi connectivity index (χ0n) is 24.5. The van der Waals surface area contributed by atoms with Crippen LogP contribution in [0.25, 0.3) is 11.0 Å². The van der Waals surface area contributed by atoms with Crippen LogP contribution in [0, 0.1) is 0 Å². The Hall–Kier alpha value is -3.38. The Bertz CT molecular complexity index is 1570. The number of fused-ring (bicyclic) bond motifs is 1. The largest absolute Gasteiger partial charge is 0.486 e. The molecule has 1 aliphatic heterocycles. The Morgan fingerprint density at radius 3 is 2.60 bits per heavy atom. The third kappa shape index (κ3) is 7.77. The summed E-state index contributed by atoms with van der Waals surface area (Å²) in [5, 5.41) is 14.5. The van der Waals surface area contributed by atoms with Crippen LogP contribution in [0.5, 0.6) is 5.75 Å². The van der Waals surface area contributed by atoms with Crippen molar-refractivity contribution in [2.75, 3.05) is 25.0 Å². The van der Waals surface area contributed by atoms with E-state index in [1.807, 2.05) is 22.8 Å². The Kier molecular flexibility index (Phi) is 9.75. The molecule has 0 unspecified atom stereocenters. The first-order valence-corrected chi connectivity index (χ1v) is 18.7. The van der Waals surface area contributed by atoms with E-state index in [-0.39, 0.29) is 12.5 Å². The first-order chi connectivity index (χ1) is 20.6. The van der Waals surface area contributed by atoms with Gasteiger partial charge in [-0.1, -0.05) is 48.9 Å². The maximum atomic E-state index is 11.5. The van der Waals surface area contributed by atoms with Crippen LogP contribution in [-0.4, -0.2) is 63.4 Å². The van der Waals surface area contributed by atoms with Crippen LogP contribution < -0.4 is 10.1 Å². The number of benzene rings is 1. The number of nitrogens with one attached hydrogen (secondary N) is 1. The zero-order chi connectivity index (χ0) is 30.6. The van der Waals surface area contributed by atoms with Crippen LogP contribution in [-0.2, 0) is 18.1 Å². The van der Waals surface area contributed by atoms with Crippen LogP contribution in [0.15, 0.2) is 49.1 Å². The number of hydrogen-bond acceptors (Lipinski definition) is 7. The van der Waals surface area contributed by atoms with E-state index in [4.69, 9.17) is 32.7 Å². The minimum Gasteiger partial charge on any atom is -0.486 e. The molecule has 0 spiro atoms. The van der Waals surface area contributed by atoms with E-state index in [1.165, 1.54) is 11.2 Å². The second-order valence-corrected chi connectivity index (χ2v) is 18.3. The number of halogens is 2. The van der Waals surface area contributed by atoms with Crippen molar-refractivity contribution >= 4 is 59.9 Å². The number of nitrogens with zero attached hydrogens (tertiary/aromatic N) is 5. The second kappa shape index (κ2) is 13.5. The zero-order valence-corrected chi connectivity index (χ0v) is 27.0. The van der Waals surface area contributed by atoms with Crippen molar-refractivity contribution in [2.24, 2.45) is 0 Å². The lowest BCUT2D eigenvalue weighted by atomic mass is 9.89. The molecule has 1 aliphatic rings. The number of anilines is 2. The van der Waals surface area contributed by atoms with Gasteiger partial charge in [0.1, 0.15) is 36.9 Å². The molecular formula is C30H36Cl2N6O4Si. The average molecular weight is 644 g/mol. The van der Waals surface area contributed by atoms with Gasteiger partial charge in [0.25, 0.3) is 0 Å². The number of likely N-dealkylation sites (tertiary alicyclic amines) is 1. The molecule has 1 fully saturated rings. The molecule has 13 heteroatoms. The number of piperidine rings is 1. The van der Waals surface area contributed by atoms with Crippen LogP contribution in [0.1, 0.15) is 30.0 Å². The number of hydrogen-bond donors (Lipinski definition) is 2. The summed E-state index contributed by atoms with van der Waals surface area (Å²) in [6.07, 6.45) is 5.81. The average Bonchev–Trinajstić information content (AvgIpc) is 3.36. The Balaban J connectivity index is 1.43. The Morgan fingerprint density at radius 1 is 1.12 bits per heavy atom. The first kappa shape index (κ1) is 31.1. The lowest BCUT2D eigenvalue weighted by molar-refractivity contribution is 0.0897. The summed E-state index contributed by atoms with van der Waals surface area (Å²) in [5.74, 6) is 1.17. The van der Waals surface area contributed by atoms with Crippen LogP contribution >= 0.6 is 23.2 Å². The number of rotatable bonds is 11. The van der Waals surface area contributed by atoms with Gasteiger partial charge in [-0.15, -0.1) is 0 Å². The third-order valence-corrected chi connectivity index (χ3v) is 9.80. The predicted molar refractivity (Wildman–Crippen MR) is 172 cm³/mol. The maximum Gasteiger partial charge on any atom is 0.407 e. The highest BCUT2D eigenvalue weighted by Crippen LogP contribution is 2.40. The van der Waals surface area contributed by atoms with Crippen molar-refractivity contribution in [3.63, 3.8) is 0 Å². The van der Waals surface area contributed by atoms with Crippen molar-refractivity contribution < 1.29 is 19.4 Å². The fourth-order valence-electron chi connectivity index (χ4n) is 5.08. The van der Waals surface area contributed by atoms with Gasteiger partial charge in [0.15, 0.2) is 0 Å². The lowest BCUT2D eigenvalue weighted by Gasteiger charge is -2.30. The molecule has 1 amide bonds. The molecule has 3 aromatic heterocycles. The highest BCUT2D eigenvalue weighted by Gasteiger charge is 2.28. The van der Waals surface area contributed by atoms with E-state index >= 15 is 0 Å². The van der Waals surface area contributed by atoms with Crippen LogP contribution in [0.2, 0.25) is 35.7 Å². The van der Waals surface area contributed by atoms with Crippen LogP contribution in [0.3, 0.4) is 0 Å². The molecule has 0 saturated carbocycles. The number of amides is 1. The summed E-state index contributed by atoms with van der Waals surface area (Å²) >= 11 is 13.3. The van der Waals surface area contributed by atoms with E-state index in [1.54, 1.807) is 18.3 Å². The summed E-state index contributed by atoms with van der Waals surface area (Å²) in [6, 6.07) is 10.1. The molecule has 5 rings (SSSR count). The Labute approximate surface area is 262 Å². The molecule has 2 N–H and O–H groups in total. The number of carboxylic acid groups (broad SMARTS) is 1. The van der Waals surface area contributed by atoms with Crippen molar-refractivity contribution in [2.45, 2.75) is 57.8 Å². The molecule has 10 nitrogen and oxygen atoms in total. The molecule has 0 atom stereocenters. The van der Waals surface area contributed by atoms with E-state index in [0.717, 1.165) is 28.3 Å². The van der Waals surface area contributed by atoms with Gasteiger partial charge in [-0.3, -0.25) is 4.98 Å². The number of carbonyl (C=O) groups is 1. The van der Waals surface area contributed by atoms with Gasteiger partial charge in [0.2, 0.25) is 0 Å². The molecule has 4 heterocycles. The number of ether oxygens (including phenoxy) is 2. The molecule has 4 aromatic rings. The minimum absolute atomic E-state index is 0.134. The molecule has 228 valence electrons. The lowest BCUT2D eigenvalue weighted by Crippen LogP contribution is -2.36. The topological polar surface area (TPSA) is 115 Å². The van der Waals surface area contributed by atoms with E-state index in [9.17, 15) is 9.90 Å². The molecule has 1 aromatic carbocycles. The molecule has 0 bridgehead atoms. The quantitative estimate of drug-likeness (QED) is 0.127. The van der Waals surface area contributed by atoms with Gasteiger partial charge >= 0.3 is 6.09 Å². The van der Waals surface area contributed by atoms with Gasteiger partial charge in [-0.25, -0.2) is 14.8 Å². The smallest absolute Gasteiger partial charge is 0.407 e. The molecule has 0 aliphatic carbocycles. The summed E-state index contributed by atoms with van der Waals surface area (Å²) in [5.41, 5.74) is 3.13. The standard InChI is InChI=1S/C30H36Cl2N6O4Si/c1-43(2,3)13-12-41-19-38-16-22(20-7-10-37(11-8-20)30(39)40)27-28(34-18-35-29(27)38)36-25-14-24(32)26(15-23(25)31)42-17-21-6-4-5-9-33-21/h4-6,9,14-16,18,20H,7-8,10-13,17,19H2,1-3H3,(H,39,40)(H,34,35,36). The second-order valence-electron chi connectivity index (χ2n) is 11.9. The molecule has 0 radical (unpaired) electrons. The predicted octanol–water partition coefficient (Wildman–Crippen LogP) is 7.63. The fourth-order valence-corrected chi connectivity index (χ4v) is 6.25. The molecular weight excluding hydrogens is 607 g/mol. The molecule has 43 heavy (non-hydrogen) atoms. The van der Waals surface area contributed by atoms with E-state index < -0.39 is 14.2 Å². The van der Waals surface area contributed by atoms with Crippen molar-refractivity contribution in [3.05, 3.63) is 70.4 Å². The van der Waals surface area contributed by atoms with Gasteiger partial charge in [0, 0.05) is 46.2 Å². The normalized spacial score (nSPS) is 14.3. The van der Waals surface area contributed by atoms with E-state index in [2.05, 4.69) is 46.1 Å². The fraction of sp³-hybridized carbons (Fsp3) is 0.400. The van der Waals surface area contributed by atoms with Crippen molar-refractivity contribution in [1.82, 2.24) is 24.4 Å².